The number of para-hydroxylation sites is 2. The summed E-state index contributed by atoms with van der Waals surface area (Å²) in [6.07, 6.45) is 4.53. The van der Waals surface area contributed by atoms with Crippen LogP contribution in [0.3, 0.4) is 0 Å². The number of allylic oxidation sites excluding steroid dienone is 4. The number of hydrogen-bond donors (Lipinski definition) is 1. The Balaban J connectivity index is 1.10. The molecule has 2 heteroatoms. The zero-order valence-corrected chi connectivity index (χ0v) is 23.5. The average Bonchev–Trinajstić information content (AvgIpc) is 3.46. The van der Waals surface area contributed by atoms with Crippen molar-refractivity contribution in [3.05, 3.63) is 150 Å². The van der Waals surface area contributed by atoms with Gasteiger partial charge in [0.05, 0.1) is 11.0 Å². The second-order valence-corrected chi connectivity index (χ2v) is 11.9. The summed E-state index contributed by atoms with van der Waals surface area (Å²) in [5.41, 5.74) is 14.5. The predicted octanol–water partition coefficient (Wildman–Crippen LogP) is 10.3. The molecule has 0 fully saturated rings. The van der Waals surface area contributed by atoms with Gasteiger partial charge in [0.1, 0.15) is 0 Å². The number of nitrogens with one attached hydrogen (secondary N) is 1. The lowest BCUT2D eigenvalue weighted by Crippen LogP contribution is -2.18. The molecule has 2 aliphatic rings. The van der Waals surface area contributed by atoms with Crippen molar-refractivity contribution in [2.24, 2.45) is 0 Å². The van der Waals surface area contributed by atoms with E-state index >= 15 is 0 Å². The first kappa shape index (κ1) is 24.0. The van der Waals surface area contributed by atoms with Crippen molar-refractivity contribution in [2.75, 3.05) is 5.32 Å². The molecule has 0 aliphatic heterocycles. The van der Waals surface area contributed by atoms with Crippen molar-refractivity contribution < 1.29 is 0 Å². The molecule has 1 aromatic heterocycles. The Morgan fingerprint density at radius 3 is 2.20 bits per heavy atom. The standard InChI is InChI=1S/C39H32N2/c1-39(2)35-14-8-6-12-31(35)32-22-21-29(25-36(32)39)40-28-19-16-26(17-20-28)27-18-23-38-34(24-27)33-13-7-9-15-37(33)41(38)30-10-4-3-5-11-30/h3-20,23-25,40H,21-22H2,1-2H3. The molecule has 0 atom stereocenters. The minimum absolute atomic E-state index is 0.0470. The van der Waals surface area contributed by atoms with E-state index in [0.29, 0.717) is 0 Å². The number of benzene rings is 5. The summed E-state index contributed by atoms with van der Waals surface area (Å²) >= 11 is 0. The van der Waals surface area contributed by atoms with Gasteiger partial charge in [0.2, 0.25) is 0 Å². The van der Waals surface area contributed by atoms with Crippen LogP contribution in [0.5, 0.6) is 0 Å². The lowest BCUT2D eigenvalue weighted by molar-refractivity contribution is 0.649. The van der Waals surface area contributed by atoms with E-state index in [2.05, 4.69) is 151 Å². The summed E-state index contributed by atoms with van der Waals surface area (Å²) < 4.78 is 2.37. The van der Waals surface area contributed by atoms with Crippen LogP contribution in [0.1, 0.15) is 37.8 Å². The highest BCUT2D eigenvalue weighted by Gasteiger charge is 2.37. The van der Waals surface area contributed by atoms with E-state index < -0.39 is 0 Å². The van der Waals surface area contributed by atoms with Gasteiger partial charge < -0.3 is 9.88 Å². The summed E-state index contributed by atoms with van der Waals surface area (Å²) in [4.78, 5) is 0. The first-order valence-electron chi connectivity index (χ1n) is 14.6. The zero-order chi connectivity index (χ0) is 27.6. The highest BCUT2D eigenvalue weighted by atomic mass is 15.0. The Hall–Kier alpha value is -4.82. The van der Waals surface area contributed by atoms with Crippen LogP contribution in [0.15, 0.2) is 139 Å². The number of fused-ring (bicyclic) bond motifs is 5. The van der Waals surface area contributed by atoms with Crippen LogP contribution in [0, 0.1) is 0 Å². The van der Waals surface area contributed by atoms with Crippen LogP contribution < -0.4 is 5.32 Å². The molecule has 0 radical (unpaired) electrons. The van der Waals surface area contributed by atoms with Crippen molar-refractivity contribution in [1.29, 1.82) is 0 Å². The van der Waals surface area contributed by atoms with Gasteiger partial charge in [-0.25, -0.2) is 0 Å². The number of hydrogen-bond acceptors (Lipinski definition) is 1. The SMILES string of the molecule is CC1(C)C2=C(CCC(Nc3ccc(-c4ccc5c(c4)c4ccccc4n5-c4ccccc4)cc3)=C2)c2ccccc21. The Morgan fingerprint density at radius 2 is 1.34 bits per heavy atom. The fraction of sp³-hybridized carbons (Fsp3) is 0.128. The van der Waals surface area contributed by atoms with Gasteiger partial charge in [-0.05, 0) is 94.8 Å². The van der Waals surface area contributed by atoms with E-state index in [1.54, 1.807) is 0 Å². The first-order valence-corrected chi connectivity index (χ1v) is 14.6. The number of aromatic nitrogens is 1. The molecule has 8 rings (SSSR count). The molecule has 0 saturated heterocycles. The second-order valence-electron chi connectivity index (χ2n) is 11.9. The minimum Gasteiger partial charge on any atom is -0.359 e. The molecule has 0 unspecified atom stereocenters. The smallest absolute Gasteiger partial charge is 0.0541 e. The first-order chi connectivity index (χ1) is 20.1. The number of nitrogens with zero attached hydrogens (tertiary/aromatic N) is 1. The van der Waals surface area contributed by atoms with Gasteiger partial charge in [0.25, 0.3) is 0 Å². The average molecular weight is 529 g/mol. The van der Waals surface area contributed by atoms with Gasteiger partial charge >= 0.3 is 0 Å². The zero-order valence-electron chi connectivity index (χ0n) is 23.5. The molecule has 0 spiro atoms. The number of rotatable bonds is 4. The van der Waals surface area contributed by atoms with Crippen LogP contribution in [0.4, 0.5) is 5.69 Å². The van der Waals surface area contributed by atoms with E-state index in [1.165, 1.54) is 66.6 Å². The lowest BCUT2D eigenvalue weighted by atomic mass is 9.79. The van der Waals surface area contributed by atoms with Crippen LogP contribution in [-0.4, -0.2) is 4.57 Å². The van der Waals surface area contributed by atoms with Crippen LogP contribution in [0.25, 0.3) is 44.2 Å². The normalized spacial score (nSPS) is 15.6. The molecule has 41 heavy (non-hydrogen) atoms. The van der Waals surface area contributed by atoms with Crippen molar-refractivity contribution in [1.82, 2.24) is 4.57 Å². The van der Waals surface area contributed by atoms with Crippen molar-refractivity contribution >= 4 is 33.1 Å². The highest BCUT2D eigenvalue weighted by molar-refractivity contribution is 6.10. The van der Waals surface area contributed by atoms with Gasteiger partial charge in [0.15, 0.2) is 0 Å². The number of anilines is 1. The van der Waals surface area contributed by atoms with E-state index in [4.69, 9.17) is 0 Å². The van der Waals surface area contributed by atoms with Gasteiger partial charge in [-0.1, -0.05) is 92.7 Å². The van der Waals surface area contributed by atoms with Crippen LogP contribution in [0.2, 0.25) is 0 Å². The molecule has 0 saturated carbocycles. The summed E-state index contributed by atoms with van der Waals surface area (Å²) in [5, 5.41) is 6.29. The monoisotopic (exact) mass is 528 g/mol. The quantitative estimate of drug-likeness (QED) is 0.241. The molecule has 0 amide bonds. The summed E-state index contributed by atoms with van der Waals surface area (Å²) in [6, 6.07) is 44.0. The van der Waals surface area contributed by atoms with E-state index in [9.17, 15) is 0 Å². The summed E-state index contributed by atoms with van der Waals surface area (Å²) in [6.45, 7) is 4.72. The largest absolute Gasteiger partial charge is 0.359 e. The van der Waals surface area contributed by atoms with Crippen molar-refractivity contribution in [2.45, 2.75) is 32.1 Å². The van der Waals surface area contributed by atoms with Gasteiger partial charge in [-0.2, -0.15) is 0 Å². The molecule has 1 heterocycles. The third kappa shape index (κ3) is 3.78. The predicted molar refractivity (Wildman–Crippen MR) is 174 cm³/mol. The maximum atomic E-state index is 3.74. The van der Waals surface area contributed by atoms with Gasteiger partial charge in [-0.3, -0.25) is 0 Å². The third-order valence-electron chi connectivity index (χ3n) is 9.10. The highest BCUT2D eigenvalue weighted by Crippen LogP contribution is 2.50. The molecule has 0 bridgehead atoms. The molecule has 6 aromatic rings. The van der Waals surface area contributed by atoms with Crippen LogP contribution >= 0.6 is 0 Å². The van der Waals surface area contributed by atoms with E-state index in [-0.39, 0.29) is 5.41 Å². The molecule has 5 aromatic carbocycles. The third-order valence-corrected chi connectivity index (χ3v) is 9.10. The molecule has 198 valence electrons. The van der Waals surface area contributed by atoms with Crippen LogP contribution in [-0.2, 0) is 5.41 Å². The summed E-state index contributed by atoms with van der Waals surface area (Å²) in [7, 11) is 0. The van der Waals surface area contributed by atoms with Crippen molar-refractivity contribution in [3.63, 3.8) is 0 Å². The molecule has 1 N–H and O–H groups in total. The molecular formula is C39H32N2. The Labute approximate surface area is 241 Å². The van der Waals surface area contributed by atoms with E-state index in [0.717, 1.165) is 18.5 Å². The van der Waals surface area contributed by atoms with Crippen molar-refractivity contribution in [3.8, 4) is 16.8 Å². The van der Waals surface area contributed by atoms with Gasteiger partial charge in [0, 0.05) is 33.3 Å². The summed E-state index contributed by atoms with van der Waals surface area (Å²) in [5.74, 6) is 0. The molecular weight excluding hydrogens is 496 g/mol. The van der Waals surface area contributed by atoms with E-state index in [1.807, 2.05) is 0 Å². The Bertz CT molecular complexity index is 2020. The molecule has 2 nitrogen and oxygen atoms in total. The van der Waals surface area contributed by atoms with Gasteiger partial charge in [-0.15, -0.1) is 0 Å². The lowest BCUT2D eigenvalue weighted by Gasteiger charge is -2.26. The topological polar surface area (TPSA) is 17.0 Å². The molecule has 2 aliphatic carbocycles. The fourth-order valence-electron chi connectivity index (χ4n) is 7.04. The Kier molecular flexibility index (Phi) is 5.33. The Morgan fingerprint density at radius 1 is 0.634 bits per heavy atom. The maximum absolute atomic E-state index is 3.74. The second kappa shape index (κ2) is 9.11. The maximum Gasteiger partial charge on any atom is 0.0541 e. The fourth-order valence-corrected chi connectivity index (χ4v) is 7.04. The minimum atomic E-state index is 0.0470.